The molecule has 1 aromatic heterocycles. The fourth-order valence-corrected chi connectivity index (χ4v) is 1.22. The quantitative estimate of drug-likeness (QED) is 0.766. The zero-order chi connectivity index (χ0) is 10.9. The Bertz CT molecular complexity index is 414. The molecule has 0 aromatic carbocycles. The summed E-state index contributed by atoms with van der Waals surface area (Å²) < 4.78 is 30.1. The molecule has 0 N–H and O–H groups in total. The normalized spacial score (nSPS) is 21.8. The van der Waals surface area contributed by atoms with Crippen LogP contribution in [0.5, 0.6) is 5.88 Å². The van der Waals surface area contributed by atoms with Gasteiger partial charge in [-0.25, -0.2) is 13.8 Å². The summed E-state index contributed by atoms with van der Waals surface area (Å²) >= 11 is 0. The number of nitriles is 1. The van der Waals surface area contributed by atoms with Gasteiger partial charge in [-0.05, 0) is 12.1 Å². The molecule has 1 fully saturated rings. The second-order valence-electron chi connectivity index (χ2n) is 3.44. The van der Waals surface area contributed by atoms with E-state index in [4.69, 9.17) is 10.00 Å². The van der Waals surface area contributed by atoms with Gasteiger partial charge in [0.2, 0.25) is 5.88 Å². The maximum Gasteiger partial charge on any atom is 0.255 e. The zero-order valence-corrected chi connectivity index (χ0v) is 7.78. The summed E-state index contributed by atoms with van der Waals surface area (Å²) in [5.74, 6) is -3.20. The van der Waals surface area contributed by atoms with Crippen molar-refractivity contribution in [2.45, 2.75) is 12.3 Å². The molecule has 1 aliphatic rings. The number of ether oxygens (including phenoxy) is 1. The van der Waals surface area contributed by atoms with E-state index in [1.807, 2.05) is 6.07 Å². The van der Waals surface area contributed by atoms with E-state index in [1.165, 1.54) is 12.3 Å². The predicted octanol–water partition coefficient (Wildman–Crippen LogP) is 1.99. The average Bonchev–Trinajstić information content (AvgIpc) is 2.84. The van der Waals surface area contributed by atoms with Gasteiger partial charge in [0.05, 0.1) is 12.5 Å². The zero-order valence-electron chi connectivity index (χ0n) is 7.78. The van der Waals surface area contributed by atoms with E-state index in [0.29, 0.717) is 0 Å². The lowest BCUT2D eigenvalue weighted by molar-refractivity contribution is 0.0849. The van der Waals surface area contributed by atoms with Crippen molar-refractivity contribution in [2.75, 3.05) is 6.61 Å². The number of halogens is 2. The summed E-state index contributed by atoms with van der Waals surface area (Å²) in [6.45, 7) is -0.0846. The van der Waals surface area contributed by atoms with Crippen molar-refractivity contribution in [1.82, 2.24) is 4.98 Å². The molecule has 0 amide bonds. The third-order valence-corrected chi connectivity index (χ3v) is 2.27. The van der Waals surface area contributed by atoms with Gasteiger partial charge in [-0.1, -0.05) is 0 Å². The van der Waals surface area contributed by atoms with Crippen LogP contribution in [0.15, 0.2) is 18.3 Å². The fraction of sp³-hybridized carbons (Fsp3) is 0.400. The Morgan fingerprint density at radius 1 is 1.67 bits per heavy atom. The second kappa shape index (κ2) is 3.46. The third kappa shape index (κ3) is 2.04. The number of alkyl halides is 2. The first kappa shape index (κ1) is 9.84. The monoisotopic (exact) mass is 210 g/mol. The Morgan fingerprint density at radius 3 is 3.00 bits per heavy atom. The van der Waals surface area contributed by atoms with Crippen molar-refractivity contribution in [3.05, 3.63) is 23.9 Å². The minimum absolute atomic E-state index is 0.0846. The molecule has 1 aliphatic carbocycles. The molecule has 1 heterocycles. The van der Waals surface area contributed by atoms with E-state index >= 15 is 0 Å². The molecule has 78 valence electrons. The van der Waals surface area contributed by atoms with Crippen molar-refractivity contribution < 1.29 is 13.5 Å². The lowest BCUT2D eigenvalue weighted by Gasteiger charge is -2.04. The summed E-state index contributed by atoms with van der Waals surface area (Å²) in [5, 5.41) is 8.68. The highest BCUT2D eigenvalue weighted by atomic mass is 19.3. The van der Waals surface area contributed by atoms with E-state index in [0.717, 1.165) is 0 Å². The molecule has 1 aromatic rings. The van der Waals surface area contributed by atoms with Crippen LogP contribution in [0.1, 0.15) is 12.0 Å². The smallest absolute Gasteiger partial charge is 0.255 e. The molecule has 0 spiro atoms. The van der Waals surface area contributed by atoms with Gasteiger partial charge in [-0.2, -0.15) is 5.26 Å². The summed E-state index contributed by atoms with van der Waals surface area (Å²) in [6.07, 6.45) is 1.32. The van der Waals surface area contributed by atoms with Crippen LogP contribution in [0.4, 0.5) is 8.78 Å². The average molecular weight is 210 g/mol. The lowest BCUT2D eigenvalue weighted by Crippen LogP contribution is -2.07. The van der Waals surface area contributed by atoms with Crippen LogP contribution < -0.4 is 4.74 Å². The van der Waals surface area contributed by atoms with Gasteiger partial charge < -0.3 is 4.74 Å². The van der Waals surface area contributed by atoms with Gasteiger partial charge in [0.1, 0.15) is 11.6 Å². The molecule has 5 heteroatoms. The number of hydrogen-bond donors (Lipinski definition) is 0. The van der Waals surface area contributed by atoms with Crippen LogP contribution in [0.3, 0.4) is 0 Å². The first-order valence-electron chi connectivity index (χ1n) is 4.49. The highest BCUT2D eigenvalue weighted by Crippen LogP contribution is 2.48. The van der Waals surface area contributed by atoms with Crippen LogP contribution in [0, 0.1) is 17.2 Å². The summed E-state index contributed by atoms with van der Waals surface area (Å²) in [7, 11) is 0. The molecule has 0 saturated heterocycles. The highest BCUT2D eigenvalue weighted by molar-refractivity contribution is 5.37. The molecule has 0 unspecified atom stereocenters. The first-order chi connectivity index (χ1) is 7.13. The van der Waals surface area contributed by atoms with E-state index < -0.39 is 11.8 Å². The maximum atomic E-state index is 12.5. The van der Waals surface area contributed by atoms with Crippen LogP contribution in [-0.2, 0) is 0 Å². The van der Waals surface area contributed by atoms with E-state index in [-0.39, 0.29) is 24.5 Å². The molecule has 0 radical (unpaired) electrons. The highest BCUT2D eigenvalue weighted by Gasteiger charge is 2.57. The second-order valence-corrected chi connectivity index (χ2v) is 3.44. The van der Waals surface area contributed by atoms with Gasteiger partial charge in [-0.3, -0.25) is 0 Å². The van der Waals surface area contributed by atoms with Gasteiger partial charge in [0.15, 0.2) is 0 Å². The Balaban J connectivity index is 1.97. The molecule has 3 nitrogen and oxygen atoms in total. The van der Waals surface area contributed by atoms with Crippen molar-refractivity contribution in [3.63, 3.8) is 0 Å². The molecule has 0 aliphatic heterocycles. The minimum atomic E-state index is -2.60. The predicted molar refractivity (Wildman–Crippen MR) is 47.5 cm³/mol. The topological polar surface area (TPSA) is 45.9 Å². The number of nitrogens with zero attached hydrogens (tertiary/aromatic N) is 2. The molecular weight excluding hydrogens is 202 g/mol. The SMILES string of the molecule is N#Cc1cccnc1OC[C@H]1CC1(F)F. The molecule has 1 saturated carbocycles. The standard InChI is InChI=1S/C10H8F2N2O/c11-10(12)4-8(10)6-15-9-7(5-13)2-1-3-14-9/h1-3,8H,4,6H2/t8-/m1/s1. The summed E-state index contributed by atoms with van der Waals surface area (Å²) in [6, 6.07) is 5.01. The van der Waals surface area contributed by atoms with Crippen molar-refractivity contribution >= 4 is 0 Å². The summed E-state index contributed by atoms with van der Waals surface area (Å²) in [5.41, 5.74) is 0.265. The largest absolute Gasteiger partial charge is 0.476 e. The van der Waals surface area contributed by atoms with Crippen LogP contribution >= 0.6 is 0 Å². The molecule has 15 heavy (non-hydrogen) atoms. The molecule has 2 rings (SSSR count). The first-order valence-corrected chi connectivity index (χ1v) is 4.49. The van der Waals surface area contributed by atoms with Crippen LogP contribution in [0.25, 0.3) is 0 Å². The van der Waals surface area contributed by atoms with Crippen LogP contribution in [-0.4, -0.2) is 17.5 Å². The Morgan fingerprint density at radius 2 is 2.40 bits per heavy atom. The molecule has 0 bridgehead atoms. The van der Waals surface area contributed by atoms with Gasteiger partial charge >= 0.3 is 0 Å². The van der Waals surface area contributed by atoms with Gasteiger partial charge in [-0.15, -0.1) is 0 Å². The number of aromatic nitrogens is 1. The van der Waals surface area contributed by atoms with Gasteiger partial charge in [0, 0.05) is 12.6 Å². The van der Waals surface area contributed by atoms with E-state index in [1.54, 1.807) is 6.07 Å². The molecular formula is C10H8F2N2O. The minimum Gasteiger partial charge on any atom is -0.476 e. The summed E-state index contributed by atoms with van der Waals surface area (Å²) in [4.78, 5) is 3.81. The Labute approximate surface area is 85.3 Å². The van der Waals surface area contributed by atoms with E-state index in [9.17, 15) is 8.78 Å². The number of rotatable bonds is 3. The number of pyridine rings is 1. The fourth-order valence-electron chi connectivity index (χ4n) is 1.22. The number of hydrogen-bond acceptors (Lipinski definition) is 3. The Kier molecular flexibility index (Phi) is 2.27. The van der Waals surface area contributed by atoms with Crippen molar-refractivity contribution in [3.8, 4) is 11.9 Å². The van der Waals surface area contributed by atoms with Crippen molar-refractivity contribution in [2.24, 2.45) is 5.92 Å². The van der Waals surface area contributed by atoms with Gasteiger partial charge in [0.25, 0.3) is 5.92 Å². The third-order valence-electron chi connectivity index (χ3n) is 2.27. The van der Waals surface area contributed by atoms with Crippen molar-refractivity contribution in [1.29, 1.82) is 5.26 Å². The molecule has 1 atom stereocenters. The van der Waals surface area contributed by atoms with Crippen LogP contribution in [0.2, 0.25) is 0 Å². The Hall–Kier alpha value is -1.70. The van der Waals surface area contributed by atoms with E-state index in [2.05, 4.69) is 4.98 Å². The lowest BCUT2D eigenvalue weighted by atomic mass is 10.3. The maximum absolute atomic E-state index is 12.5.